The molecule has 1 aromatic rings. The maximum absolute atomic E-state index is 10.8. The molecule has 0 aliphatic heterocycles. The van der Waals surface area contributed by atoms with Gasteiger partial charge in [-0.1, -0.05) is 13.0 Å². The number of aryl methyl sites for hydroxylation is 1. The molecule has 1 aromatic carbocycles. The van der Waals surface area contributed by atoms with Gasteiger partial charge in [-0.05, 0) is 38.2 Å². The summed E-state index contributed by atoms with van der Waals surface area (Å²) in [6, 6.07) is 5.01. The zero-order chi connectivity index (χ0) is 12.5. The molecule has 0 unspecified atom stereocenters. The highest BCUT2D eigenvalue weighted by atomic mass is 16.6. The predicted molar refractivity (Wildman–Crippen MR) is 68.3 cm³/mol. The van der Waals surface area contributed by atoms with Crippen molar-refractivity contribution in [3.8, 4) is 0 Å². The Morgan fingerprint density at radius 2 is 2.18 bits per heavy atom. The second kappa shape index (κ2) is 4.35. The van der Waals surface area contributed by atoms with Crippen LogP contribution in [-0.2, 0) is 0 Å². The third kappa shape index (κ3) is 2.25. The SMILES string of the molecule is CCC1(Nc2cc([N+](=O)[O-])ccc2C)CCC1. The zero-order valence-corrected chi connectivity index (χ0v) is 10.3. The van der Waals surface area contributed by atoms with Gasteiger partial charge in [-0.3, -0.25) is 10.1 Å². The predicted octanol–water partition coefficient (Wildman–Crippen LogP) is 3.65. The summed E-state index contributed by atoms with van der Waals surface area (Å²) in [5.41, 5.74) is 2.29. The minimum atomic E-state index is -0.343. The lowest BCUT2D eigenvalue weighted by Crippen LogP contribution is -2.44. The first kappa shape index (κ1) is 11.9. The van der Waals surface area contributed by atoms with Gasteiger partial charge in [-0.2, -0.15) is 0 Å². The van der Waals surface area contributed by atoms with Crippen LogP contribution in [0.4, 0.5) is 11.4 Å². The second-order valence-electron chi connectivity index (χ2n) is 4.87. The Balaban J connectivity index is 2.25. The highest BCUT2D eigenvalue weighted by molar-refractivity contribution is 5.58. The minimum Gasteiger partial charge on any atom is -0.379 e. The minimum absolute atomic E-state index is 0.156. The number of hydrogen-bond donors (Lipinski definition) is 1. The fourth-order valence-electron chi connectivity index (χ4n) is 2.31. The van der Waals surface area contributed by atoms with E-state index >= 15 is 0 Å². The molecule has 0 radical (unpaired) electrons. The molecule has 92 valence electrons. The Bertz CT molecular complexity index is 434. The lowest BCUT2D eigenvalue weighted by Gasteiger charge is -2.43. The molecule has 0 bridgehead atoms. The van der Waals surface area contributed by atoms with Crippen molar-refractivity contribution in [1.82, 2.24) is 0 Å². The van der Waals surface area contributed by atoms with Gasteiger partial charge >= 0.3 is 0 Å². The first-order chi connectivity index (χ1) is 8.06. The molecule has 0 aromatic heterocycles. The Kier molecular flexibility index (Phi) is 3.05. The van der Waals surface area contributed by atoms with Crippen molar-refractivity contribution in [2.75, 3.05) is 5.32 Å². The van der Waals surface area contributed by atoms with E-state index in [9.17, 15) is 10.1 Å². The van der Waals surface area contributed by atoms with E-state index in [1.54, 1.807) is 12.1 Å². The van der Waals surface area contributed by atoms with Gasteiger partial charge in [0, 0.05) is 23.4 Å². The average molecular weight is 234 g/mol. The molecule has 1 saturated carbocycles. The zero-order valence-electron chi connectivity index (χ0n) is 10.3. The molecule has 0 saturated heterocycles. The summed E-state index contributed by atoms with van der Waals surface area (Å²) in [6.45, 7) is 4.15. The van der Waals surface area contributed by atoms with E-state index in [4.69, 9.17) is 0 Å². The number of nitrogens with one attached hydrogen (secondary N) is 1. The second-order valence-corrected chi connectivity index (χ2v) is 4.87. The van der Waals surface area contributed by atoms with Gasteiger partial charge in [0.15, 0.2) is 0 Å². The maximum Gasteiger partial charge on any atom is 0.271 e. The van der Waals surface area contributed by atoms with Gasteiger partial charge in [-0.15, -0.1) is 0 Å². The lowest BCUT2D eigenvalue weighted by atomic mass is 9.74. The lowest BCUT2D eigenvalue weighted by molar-refractivity contribution is -0.384. The van der Waals surface area contributed by atoms with Gasteiger partial charge in [0.25, 0.3) is 5.69 Å². The molecule has 0 amide bonds. The molecule has 1 aliphatic rings. The highest BCUT2D eigenvalue weighted by Crippen LogP contribution is 2.39. The van der Waals surface area contributed by atoms with E-state index in [1.165, 1.54) is 6.42 Å². The summed E-state index contributed by atoms with van der Waals surface area (Å²) in [4.78, 5) is 10.4. The molecule has 2 rings (SSSR count). The monoisotopic (exact) mass is 234 g/mol. The quantitative estimate of drug-likeness (QED) is 0.639. The van der Waals surface area contributed by atoms with Gasteiger partial charge in [0.1, 0.15) is 0 Å². The van der Waals surface area contributed by atoms with E-state index in [-0.39, 0.29) is 16.1 Å². The number of nitrogens with zero attached hydrogens (tertiary/aromatic N) is 1. The topological polar surface area (TPSA) is 55.2 Å². The van der Waals surface area contributed by atoms with Crippen LogP contribution in [0, 0.1) is 17.0 Å². The number of anilines is 1. The average Bonchev–Trinajstić information content (AvgIpc) is 2.25. The van der Waals surface area contributed by atoms with Crippen molar-refractivity contribution in [3.63, 3.8) is 0 Å². The van der Waals surface area contributed by atoms with Crippen LogP contribution < -0.4 is 5.32 Å². The molecule has 1 fully saturated rings. The first-order valence-electron chi connectivity index (χ1n) is 6.09. The van der Waals surface area contributed by atoms with Crippen molar-refractivity contribution in [2.24, 2.45) is 0 Å². The number of hydrogen-bond acceptors (Lipinski definition) is 3. The molecule has 4 nitrogen and oxygen atoms in total. The number of rotatable bonds is 4. The molecular weight excluding hydrogens is 216 g/mol. The van der Waals surface area contributed by atoms with Crippen molar-refractivity contribution < 1.29 is 4.92 Å². The Labute approximate surface area is 101 Å². The van der Waals surface area contributed by atoms with Gasteiger partial charge < -0.3 is 5.32 Å². The Hall–Kier alpha value is -1.58. The largest absolute Gasteiger partial charge is 0.379 e. The maximum atomic E-state index is 10.8. The summed E-state index contributed by atoms with van der Waals surface area (Å²) in [5, 5.41) is 14.3. The molecule has 17 heavy (non-hydrogen) atoms. The number of non-ortho nitro benzene ring substituents is 1. The molecule has 0 spiro atoms. The third-order valence-electron chi connectivity index (χ3n) is 3.82. The third-order valence-corrected chi connectivity index (χ3v) is 3.82. The summed E-state index contributed by atoms with van der Waals surface area (Å²) < 4.78 is 0. The van der Waals surface area contributed by atoms with Crippen LogP contribution in [-0.4, -0.2) is 10.5 Å². The van der Waals surface area contributed by atoms with Crippen LogP contribution >= 0.6 is 0 Å². The normalized spacial score (nSPS) is 17.3. The number of nitro benzene ring substituents is 1. The van der Waals surface area contributed by atoms with E-state index in [2.05, 4.69) is 12.2 Å². The van der Waals surface area contributed by atoms with E-state index in [0.717, 1.165) is 30.5 Å². The molecule has 0 heterocycles. The number of nitro groups is 1. The molecule has 1 aliphatic carbocycles. The van der Waals surface area contributed by atoms with Crippen LogP contribution in [0.3, 0.4) is 0 Å². The van der Waals surface area contributed by atoms with Crippen molar-refractivity contribution in [2.45, 2.75) is 45.1 Å². The Morgan fingerprint density at radius 3 is 2.65 bits per heavy atom. The van der Waals surface area contributed by atoms with Gasteiger partial charge in [-0.25, -0.2) is 0 Å². The molecular formula is C13H18N2O2. The highest BCUT2D eigenvalue weighted by Gasteiger charge is 2.35. The summed E-state index contributed by atoms with van der Waals surface area (Å²) in [5.74, 6) is 0. The Morgan fingerprint density at radius 1 is 1.47 bits per heavy atom. The van der Waals surface area contributed by atoms with Crippen LogP contribution in [0.2, 0.25) is 0 Å². The van der Waals surface area contributed by atoms with E-state index in [1.807, 2.05) is 13.0 Å². The van der Waals surface area contributed by atoms with Crippen molar-refractivity contribution >= 4 is 11.4 Å². The van der Waals surface area contributed by atoms with Crippen LogP contribution in [0.15, 0.2) is 18.2 Å². The number of benzene rings is 1. The van der Waals surface area contributed by atoms with Crippen molar-refractivity contribution in [3.05, 3.63) is 33.9 Å². The van der Waals surface area contributed by atoms with Gasteiger partial charge in [0.05, 0.1) is 4.92 Å². The summed E-state index contributed by atoms with van der Waals surface area (Å²) in [6.07, 6.45) is 4.63. The first-order valence-corrected chi connectivity index (χ1v) is 6.09. The molecule has 1 N–H and O–H groups in total. The summed E-state index contributed by atoms with van der Waals surface area (Å²) >= 11 is 0. The summed E-state index contributed by atoms with van der Waals surface area (Å²) in [7, 11) is 0. The fraction of sp³-hybridized carbons (Fsp3) is 0.538. The van der Waals surface area contributed by atoms with E-state index < -0.39 is 0 Å². The smallest absolute Gasteiger partial charge is 0.271 e. The van der Waals surface area contributed by atoms with Crippen molar-refractivity contribution in [1.29, 1.82) is 0 Å². The standard InChI is InChI=1S/C13H18N2O2/c1-3-13(7-4-8-13)14-12-9-11(15(16)17)6-5-10(12)2/h5-6,9,14H,3-4,7-8H2,1-2H3. The molecule has 0 atom stereocenters. The van der Waals surface area contributed by atoms with Crippen LogP contribution in [0.25, 0.3) is 0 Å². The van der Waals surface area contributed by atoms with Crippen LogP contribution in [0.5, 0.6) is 0 Å². The fourth-order valence-corrected chi connectivity index (χ4v) is 2.31. The van der Waals surface area contributed by atoms with Gasteiger partial charge in [0.2, 0.25) is 0 Å². The van der Waals surface area contributed by atoms with E-state index in [0.29, 0.717) is 0 Å². The van der Waals surface area contributed by atoms with Crippen LogP contribution in [0.1, 0.15) is 38.2 Å². The molecule has 4 heteroatoms.